The zero-order valence-corrected chi connectivity index (χ0v) is 19.7. The summed E-state index contributed by atoms with van der Waals surface area (Å²) in [7, 11) is 0. The molecule has 0 aliphatic carbocycles. The number of nitro benzene ring substituents is 1. The number of carbonyl (C=O) groups is 2. The summed E-state index contributed by atoms with van der Waals surface area (Å²) < 4.78 is 0. The zero-order valence-electron chi connectivity index (χ0n) is 18.9. The number of nitrogens with zero attached hydrogens (tertiary/aromatic N) is 3. The molecule has 172 valence electrons. The van der Waals surface area contributed by atoms with Gasteiger partial charge in [-0.3, -0.25) is 19.7 Å². The van der Waals surface area contributed by atoms with E-state index in [-0.39, 0.29) is 29.7 Å². The van der Waals surface area contributed by atoms with Crippen molar-refractivity contribution in [3.8, 4) is 0 Å². The van der Waals surface area contributed by atoms with Crippen LogP contribution in [0.25, 0.3) is 0 Å². The summed E-state index contributed by atoms with van der Waals surface area (Å²) in [4.78, 5) is 41.7. The molecule has 0 atom stereocenters. The first-order chi connectivity index (χ1) is 15.8. The number of amides is 2. The second-order valence-corrected chi connectivity index (χ2v) is 9.13. The molecule has 8 heteroatoms. The number of hydrogen-bond donors (Lipinski definition) is 0. The zero-order chi connectivity index (χ0) is 24.0. The SMILES string of the molecule is Cc1ccc(C(=O)N(CC(=O)N(Cc2ccccc2)Cc2cccs2)C(C)C)cc1[N+](=O)[O-]. The highest BCUT2D eigenvalue weighted by Gasteiger charge is 2.26. The molecule has 2 amide bonds. The summed E-state index contributed by atoms with van der Waals surface area (Å²) in [5, 5.41) is 13.3. The van der Waals surface area contributed by atoms with Gasteiger partial charge in [0.05, 0.1) is 11.5 Å². The lowest BCUT2D eigenvalue weighted by Crippen LogP contribution is -2.45. The van der Waals surface area contributed by atoms with Crippen LogP contribution in [0.15, 0.2) is 66.0 Å². The molecular formula is C25H27N3O4S. The first-order valence-electron chi connectivity index (χ1n) is 10.7. The van der Waals surface area contributed by atoms with E-state index in [1.165, 1.54) is 11.0 Å². The quantitative estimate of drug-likeness (QED) is 0.327. The molecule has 0 spiro atoms. The predicted molar refractivity (Wildman–Crippen MR) is 129 cm³/mol. The minimum absolute atomic E-state index is 0.112. The molecule has 0 unspecified atom stereocenters. The summed E-state index contributed by atoms with van der Waals surface area (Å²) >= 11 is 1.57. The monoisotopic (exact) mass is 465 g/mol. The van der Waals surface area contributed by atoms with Crippen molar-refractivity contribution in [2.24, 2.45) is 0 Å². The van der Waals surface area contributed by atoms with Crippen LogP contribution in [0.3, 0.4) is 0 Å². The second kappa shape index (κ2) is 10.9. The predicted octanol–water partition coefficient (Wildman–Crippen LogP) is 5.04. The van der Waals surface area contributed by atoms with Crippen LogP contribution < -0.4 is 0 Å². The molecular weight excluding hydrogens is 438 g/mol. The Hall–Kier alpha value is -3.52. The number of thiophene rings is 1. The van der Waals surface area contributed by atoms with E-state index in [1.54, 1.807) is 35.3 Å². The van der Waals surface area contributed by atoms with Gasteiger partial charge in [0, 0.05) is 34.7 Å². The third kappa shape index (κ3) is 6.26. The van der Waals surface area contributed by atoms with E-state index in [9.17, 15) is 19.7 Å². The maximum absolute atomic E-state index is 13.4. The number of rotatable bonds is 9. The molecule has 0 bridgehead atoms. The van der Waals surface area contributed by atoms with Gasteiger partial charge in [-0.25, -0.2) is 0 Å². The fraction of sp³-hybridized carbons (Fsp3) is 0.280. The molecule has 33 heavy (non-hydrogen) atoms. The number of nitro groups is 1. The van der Waals surface area contributed by atoms with Crippen molar-refractivity contribution < 1.29 is 14.5 Å². The molecule has 1 heterocycles. The van der Waals surface area contributed by atoms with E-state index in [0.717, 1.165) is 10.4 Å². The van der Waals surface area contributed by atoms with Crippen LogP contribution in [-0.2, 0) is 17.9 Å². The molecule has 3 aromatic rings. The number of hydrogen-bond acceptors (Lipinski definition) is 5. The number of benzene rings is 2. The average Bonchev–Trinajstić information content (AvgIpc) is 3.30. The van der Waals surface area contributed by atoms with E-state index in [2.05, 4.69) is 0 Å². The van der Waals surface area contributed by atoms with Gasteiger partial charge < -0.3 is 9.80 Å². The summed E-state index contributed by atoms with van der Waals surface area (Å²) in [5.74, 6) is -0.590. The van der Waals surface area contributed by atoms with Gasteiger partial charge in [-0.05, 0) is 43.8 Å². The van der Waals surface area contributed by atoms with Crippen molar-refractivity contribution in [2.75, 3.05) is 6.54 Å². The third-order valence-electron chi connectivity index (χ3n) is 5.34. The Kier molecular flexibility index (Phi) is 7.95. The Morgan fingerprint density at radius 1 is 1.03 bits per heavy atom. The Morgan fingerprint density at radius 2 is 1.76 bits per heavy atom. The highest BCUT2D eigenvalue weighted by atomic mass is 32.1. The average molecular weight is 466 g/mol. The molecule has 0 saturated heterocycles. The van der Waals surface area contributed by atoms with Gasteiger partial charge in [0.15, 0.2) is 0 Å². The molecule has 0 aliphatic heterocycles. The largest absolute Gasteiger partial charge is 0.332 e. The van der Waals surface area contributed by atoms with E-state index >= 15 is 0 Å². The van der Waals surface area contributed by atoms with Crippen LogP contribution in [0.1, 0.15) is 40.2 Å². The Bertz CT molecular complexity index is 1110. The summed E-state index contributed by atoms with van der Waals surface area (Å²) in [6.07, 6.45) is 0. The van der Waals surface area contributed by atoms with Crippen LogP contribution in [0.4, 0.5) is 5.69 Å². The highest BCUT2D eigenvalue weighted by Crippen LogP contribution is 2.21. The third-order valence-corrected chi connectivity index (χ3v) is 6.20. The maximum Gasteiger partial charge on any atom is 0.273 e. The molecule has 0 fully saturated rings. The van der Waals surface area contributed by atoms with Crippen molar-refractivity contribution >= 4 is 28.8 Å². The van der Waals surface area contributed by atoms with E-state index in [4.69, 9.17) is 0 Å². The normalized spacial score (nSPS) is 10.8. The van der Waals surface area contributed by atoms with Crippen molar-refractivity contribution in [3.05, 3.63) is 97.7 Å². The second-order valence-electron chi connectivity index (χ2n) is 8.10. The molecule has 0 aliphatic rings. The van der Waals surface area contributed by atoms with Gasteiger partial charge in [-0.2, -0.15) is 0 Å². The molecule has 7 nitrogen and oxygen atoms in total. The summed E-state index contributed by atoms with van der Waals surface area (Å²) in [6, 6.07) is 17.8. The molecule has 0 saturated carbocycles. The first kappa shape index (κ1) is 24.1. The van der Waals surface area contributed by atoms with Crippen LogP contribution in [0.2, 0.25) is 0 Å². The first-order valence-corrected chi connectivity index (χ1v) is 11.5. The molecule has 3 rings (SSSR count). The molecule has 2 aromatic carbocycles. The van der Waals surface area contributed by atoms with Crippen LogP contribution in [-0.4, -0.2) is 39.1 Å². The van der Waals surface area contributed by atoms with Gasteiger partial charge in [0.25, 0.3) is 11.6 Å². The maximum atomic E-state index is 13.4. The van der Waals surface area contributed by atoms with E-state index in [1.807, 2.05) is 61.7 Å². The minimum Gasteiger partial charge on any atom is -0.332 e. The lowest BCUT2D eigenvalue weighted by molar-refractivity contribution is -0.385. The van der Waals surface area contributed by atoms with Gasteiger partial charge in [-0.15, -0.1) is 11.3 Å². The fourth-order valence-electron chi connectivity index (χ4n) is 3.47. The van der Waals surface area contributed by atoms with Crippen LogP contribution >= 0.6 is 11.3 Å². The molecule has 0 N–H and O–H groups in total. The van der Waals surface area contributed by atoms with Crippen LogP contribution in [0.5, 0.6) is 0 Å². The van der Waals surface area contributed by atoms with Crippen molar-refractivity contribution in [1.29, 1.82) is 0 Å². The lowest BCUT2D eigenvalue weighted by Gasteiger charge is -2.30. The Labute approximate surface area is 197 Å². The standard InChI is InChI=1S/C25H27N3O4S/c1-18(2)27(25(30)21-12-11-19(3)23(14-21)28(31)32)17-24(29)26(16-22-10-7-13-33-22)15-20-8-5-4-6-9-20/h4-14,18H,15-17H2,1-3H3. The van der Waals surface area contributed by atoms with Crippen LogP contribution in [0, 0.1) is 17.0 Å². The Morgan fingerprint density at radius 3 is 2.36 bits per heavy atom. The van der Waals surface area contributed by atoms with E-state index < -0.39 is 10.8 Å². The number of aryl methyl sites for hydroxylation is 1. The van der Waals surface area contributed by atoms with Gasteiger partial charge in [-0.1, -0.05) is 42.5 Å². The van der Waals surface area contributed by atoms with E-state index in [0.29, 0.717) is 18.7 Å². The fourth-order valence-corrected chi connectivity index (χ4v) is 4.19. The smallest absolute Gasteiger partial charge is 0.273 e. The van der Waals surface area contributed by atoms with Crippen molar-refractivity contribution in [3.63, 3.8) is 0 Å². The highest BCUT2D eigenvalue weighted by molar-refractivity contribution is 7.09. The summed E-state index contributed by atoms with van der Waals surface area (Å²) in [6.45, 7) is 6.04. The molecule has 0 radical (unpaired) electrons. The van der Waals surface area contributed by atoms with Crippen molar-refractivity contribution in [2.45, 2.75) is 39.9 Å². The van der Waals surface area contributed by atoms with Crippen molar-refractivity contribution in [1.82, 2.24) is 9.80 Å². The van der Waals surface area contributed by atoms with Gasteiger partial charge in [0.1, 0.15) is 6.54 Å². The Balaban J connectivity index is 1.83. The minimum atomic E-state index is -0.500. The lowest BCUT2D eigenvalue weighted by atomic mass is 10.1. The van der Waals surface area contributed by atoms with Gasteiger partial charge in [0.2, 0.25) is 5.91 Å². The number of carbonyl (C=O) groups excluding carboxylic acids is 2. The summed E-state index contributed by atoms with van der Waals surface area (Å²) in [5.41, 5.74) is 1.56. The topological polar surface area (TPSA) is 83.8 Å². The van der Waals surface area contributed by atoms with Gasteiger partial charge >= 0.3 is 0 Å². The molecule has 1 aromatic heterocycles.